The van der Waals surface area contributed by atoms with E-state index in [4.69, 9.17) is 0 Å². The number of nitrogens with zero attached hydrogens (tertiary/aromatic N) is 1. The molecule has 0 heterocycles. The predicted molar refractivity (Wildman–Crippen MR) is 299 cm³/mol. The van der Waals surface area contributed by atoms with Crippen molar-refractivity contribution >= 4 is 38.6 Å². The van der Waals surface area contributed by atoms with Gasteiger partial charge in [0.1, 0.15) is 0 Å². The average molecular weight is 894 g/mol. The summed E-state index contributed by atoms with van der Waals surface area (Å²) < 4.78 is 0. The molecule has 0 fully saturated rings. The molecule has 0 saturated carbocycles. The highest BCUT2D eigenvalue weighted by molar-refractivity contribution is 6.12. The molecule has 0 spiro atoms. The second-order valence-corrected chi connectivity index (χ2v) is 21.8. The molecule has 0 aliphatic rings. The molecule has 0 bridgehead atoms. The lowest BCUT2D eigenvalue weighted by atomic mass is 9.78. The summed E-state index contributed by atoms with van der Waals surface area (Å²) in [6, 6.07) is 81.5. The van der Waals surface area contributed by atoms with Crippen LogP contribution in [0.5, 0.6) is 0 Å². The highest BCUT2D eigenvalue weighted by Crippen LogP contribution is 2.51. The first-order valence-electron chi connectivity index (χ1n) is 24.6. The predicted octanol–water partition coefficient (Wildman–Crippen LogP) is 19.7. The largest absolute Gasteiger partial charge is 0.309 e. The molecular weight excluding hydrogens is 831 g/mol. The van der Waals surface area contributed by atoms with Crippen LogP contribution in [0.3, 0.4) is 0 Å². The van der Waals surface area contributed by atoms with Gasteiger partial charge in [0.05, 0.1) is 17.1 Å². The number of benzene rings is 10. The summed E-state index contributed by atoms with van der Waals surface area (Å²) in [6.45, 7) is 20.9. The van der Waals surface area contributed by atoms with Crippen LogP contribution in [0.4, 0.5) is 17.1 Å². The number of hydrogen-bond donors (Lipinski definition) is 0. The molecule has 69 heavy (non-hydrogen) atoms. The van der Waals surface area contributed by atoms with Crippen LogP contribution in [0, 0.1) is 0 Å². The molecule has 10 rings (SSSR count). The lowest BCUT2D eigenvalue weighted by Crippen LogP contribution is -2.17. The van der Waals surface area contributed by atoms with Gasteiger partial charge in [0, 0.05) is 16.7 Å². The van der Waals surface area contributed by atoms with Crippen LogP contribution in [-0.2, 0) is 16.2 Å². The van der Waals surface area contributed by atoms with Crippen LogP contribution in [0.1, 0.15) is 79.0 Å². The van der Waals surface area contributed by atoms with Crippen molar-refractivity contribution in [2.75, 3.05) is 4.90 Å². The minimum absolute atomic E-state index is 0.0199. The lowest BCUT2D eigenvalue weighted by Gasteiger charge is -2.33. The summed E-state index contributed by atoms with van der Waals surface area (Å²) in [5.41, 5.74) is 19.1. The van der Waals surface area contributed by atoms with Crippen molar-refractivity contribution in [3.05, 3.63) is 235 Å². The van der Waals surface area contributed by atoms with E-state index in [1.165, 1.54) is 82.7 Å². The molecule has 0 amide bonds. The molecule has 0 N–H and O–H groups in total. The van der Waals surface area contributed by atoms with Gasteiger partial charge in [-0.1, -0.05) is 263 Å². The Kier molecular flexibility index (Phi) is 11.7. The van der Waals surface area contributed by atoms with Gasteiger partial charge in [0.25, 0.3) is 0 Å². The van der Waals surface area contributed by atoms with Crippen LogP contribution in [0.2, 0.25) is 0 Å². The summed E-state index contributed by atoms with van der Waals surface area (Å²) >= 11 is 0. The van der Waals surface area contributed by atoms with E-state index in [1.54, 1.807) is 0 Å². The van der Waals surface area contributed by atoms with Crippen LogP contribution in [0.15, 0.2) is 218 Å². The van der Waals surface area contributed by atoms with Crippen molar-refractivity contribution in [1.82, 2.24) is 0 Å². The molecule has 0 aromatic heterocycles. The summed E-state index contributed by atoms with van der Waals surface area (Å²) in [5, 5.41) is 4.92. The Hall–Kier alpha value is -7.48. The second-order valence-electron chi connectivity index (χ2n) is 21.8. The molecule has 10 aromatic carbocycles. The van der Waals surface area contributed by atoms with Gasteiger partial charge in [-0.2, -0.15) is 0 Å². The lowest BCUT2D eigenvalue weighted by molar-refractivity contribution is 0.569. The first-order valence-corrected chi connectivity index (χ1v) is 24.6. The summed E-state index contributed by atoms with van der Waals surface area (Å²) in [5.74, 6) is 0. The Labute approximate surface area is 410 Å². The minimum atomic E-state index is -0.104. The molecule has 340 valence electrons. The molecule has 0 aliphatic carbocycles. The minimum Gasteiger partial charge on any atom is -0.309 e. The van der Waals surface area contributed by atoms with Gasteiger partial charge < -0.3 is 4.90 Å². The van der Waals surface area contributed by atoms with Gasteiger partial charge in [-0.25, -0.2) is 0 Å². The fourth-order valence-corrected chi connectivity index (χ4v) is 10.1. The second kappa shape index (κ2) is 17.9. The number of hydrogen-bond acceptors (Lipinski definition) is 1. The summed E-state index contributed by atoms with van der Waals surface area (Å²) in [4.78, 5) is 2.57. The fourth-order valence-electron chi connectivity index (χ4n) is 10.1. The highest BCUT2D eigenvalue weighted by atomic mass is 15.2. The Morgan fingerprint density at radius 3 is 1.07 bits per heavy atom. The Morgan fingerprint density at radius 1 is 0.246 bits per heavy atom. The molecule has 0 radical (unpaired) electrons. The van der Waals surface area contributed by atoms with Crippen LogP contribution < -0.4 is 4.90 Å². The number of anilines is 3. The normalized spacial score (nSPS) is 12.1. The molecule has 0 atom stereocenters. The molecule has 10 aromatic rings. The van der Waals surface area contributed by atoms with Gasteiger partial charge >= 0.3 is 0 Å². The van der Waals surface area contributed by atoms with Gasteiger partial charge in [-0.3, -0.25) is 0 Å². The van der Waals surface area contributed by atoms with E-state index in [0.29, 0.717) is 0 Å². The van der Waals surface area contributed by atoms with E-state index in [0.717, 1.165) is 28.2 Å². The third-order valence-electron chi connectivity index (χ3n) is 13.9. The van der Waals surface area contributed by atoms with Crippen LogP contribution >= 0.6 is 0 Å². The van der Waals surface area contributed by atoms with Crippen LogP contribution in [-0.4, -0.2) is 0 Å². The summed E-state index contributed by atoms with van der Waals surface area (Å²) in [6.07, 6.45) is 0. The quantitative estimate of drug-likeness (QED) is 0.147. The van der Waals surface area contributed by atoms with E-state index in [9.17, 15) is 0 Å². The Morgan fingerprint density at radius 2 is 0.623 bits per heavy atom. The van der Waals surface area contributed by atoms with Crippen molar-refractivity contribution in [2.45, 2.75) is 78.6 Å². The van der Waals surface area contributed by atoms with Crippen molar-refractivity contribution in [2.24, 2.45) is 0 Å². The van der Waals surface area contributed by atoms with Gasteiger partial charge in [0.15, 0.2) is 0 Å². The molecule has 1 heteroatoms. The third kappa shape index (κ3) is 8.79. The average Bonchev–Trinajstić information content (AvgIpc) is 3.35. The van der Waals surface area contributed by atoms with Crippen molar-refractivity contribution in [3.63, 3.8) is 0 Å². The Balaban J connectivity index is 1.31. The maximum Gasteiger partial charge on any atom is 0.0543 e. The van der Waals surface area contributed by atoms with E-state index >= 15 is 0 Å². The topological polar surface area (TPSA) is 3.24 Å². The highest BCUT2D eigenvalue weighted by Gasteiger charge is 2.28. The van der Waals surface area contributed by atoms with Gasteiger partial charge in [0.2, 0.25) is 0 Å². The SMILES string of the molecule is CC(C)(C)c1cc(-c2cccc3cccc(-c4ccccc4N(c4cc(C(C)(C)C)ccc4-c4ccccc4)c4ccccc4-c4cccc5cccc(-c6ccccc6)c45)c23)cc(C(C)(C)C)c1. The standard InChI is InChI=1S/C68H63N/c1-66(2,3)51-40-41-54(46-24-12-10-13-25-46)63(45-51)69(61-38-18-16-32-57(61)59-36-22-30-48-28-20-34-55(64(48)59)47-26-14-11-15-27-47)62-39-19-17-33-58(62)60-37-23-31-49-29-21-35-56(65(49)60)50-42-52(67(4,5)6)44-53(43-50)68(7,8)9/h10-45H,1-9H3. The maximum absolute atomic E-state index is 2.57. The maximum atomic E-state index is 2.57. The zero-order valence-electron chi connectivity index (χ0n) is 41.7. The monoisotopic (exact) mass is 893 g/mol. The zero-order chi connectivity index (χ0) is 48.1. The zero-order valence-corrected chi connectivity index (χ0v) is 41.7. The number of fused-ring (bicyclic) bond motifs is 2. The van der Waals surface area contributed by atoms with Crippen LogP contribution in [0.25, 0.3) is 77.2 Å². The first kappa shape index (κ1) is 45.3. The van der Waals surface area contributed by atoms with E-state index in [1.807, 2.05) is 0 Å². The van der Waals surface area contributed by atoms with Gasteiger partial charge in [-0.15, -0.1) is 0 Å². The fraction of sp³-hybridized carbons (Fsp3) is 0.176. The smallest absolute Gasteiger partial charge is 0.0543 e. The van der Waals surface area contributed by atoms with Gasteiger partial charge in [-0.05, 0) is 112 Å². The molecule has 1 nitrogen and oxygen atoms in total. The molecular formula is C68H63N. The van der Waals surface area contributed by atoms with Crippen molar-refractivity contribution in [1.29, 1.82) is 0 Å². The Bertz CT molecular complexity index is 3440. The first-order chi connectivity index (χ1) is 33.1. The number of rotatable bonds is 8. The number of para-hydroxylation sites is 2. The molecule has 0 aliphatic heterocycles. The van der Waals surface area contributed by atoms with E-state index in [-0.39, 0.29) is 16.2 Å². The van der Waals surface area contributed by atoms with E-state index < -0.39 is 0 Å². The molecule has 0 saturated heterocycles. The van der Waals surface area contributed by atoms with Crippen molar-refractivity contribution < 1.29 is 0 Å². The summed E-state index contributed by atoms with van der Waals surface area (Å²) in [7, 11) is 0. The van der Waals surface area contributed by atoms with Crippen molar-refractivity contribution in [3.8, 4) is 55.6 Å². The molecule has 0 unspecified atom stereocenters. The van der Waals surface area contributed by atoms with E-state index in [2.05, 4.69) is 286 Å². The third-order valence-corrected chi connectivity index (χ3v) is 13.9.